The molecular formula is C15H20N2O2. The van der Waals surface area contributed by atoms with Crippen LogP contribution in [0.4, 0.5) is 4.79 Å². The van der Waals surface area contributed by atoms with Crippen molar-refractivity contribution in [3.8, 4) is 0 Å². The highest BCUT2D eigenvalue weighted by atomic mass is 16.5. The zero-order valence-electron chi connectivity index (χ0n) is 10.9. The first-order valence-corrected chi connectivity index (χ1v) is 6.66. The third-order valence-electron chi connectivity index (χ3n) is 3.66. The SMILES string of the molecule is NC(=O)N(O)CCC1C=CC(c2ccccc2)CC1. The molecule has 1 aliphatic rings. The van der Waals surface area contributed by atoms with E-state index in [1.54, 1.807) is 0 Å². The minimum Gasteiger partial charge on any atom is -0.350 e. The Bertz CT molecular complexity index is 445. The lowest BCUT2D eigenvalue weighted by atomic mass is 9.83. The molecule has 4 nitrogen and oxygen atoms in total. The number of urea groups is 1. The van der Waals surface area contributed by atoms with Crippen LogP contribution in [0.5, 0.6) is 0 Å². The molecule has 2 unspecified atom stereocenters. The van der Waals surface area contributed by atoms with Crippen molar-refractivity contribution < 1.29 is 10.0 Å². The molecular weight excluding hydrogens is 240 g/mol. The van der Waals surface area contributed by atoms with Crippen molar-refractivity contribution in [3.05, 3.63) is 48.0 Å². The monoisotopic (exact) mass is 260 g/mol. The van der Waals surface area contributed by atoms with Crippen LogP contribution in [0.2, 0.25) is 0 Å². The minimum atomic E-state index is -0.790. The van der Waals surface area contributed by atoms with Crippen LogP contribution in [0.3, 0.4) is 0 Å². The molecule has 2 rings (SSSR count). The van der Waals surface area contributed by atoms with Gasteiger partial charge in [0, 0.05) is 5.92 Å². The Labute approximate surface area is 113 Å². The lowest BCUT2D eigenvalue weighted by Crippen LogP contribution is -2.34. The summed E-state index contributed by atoms with van der Waals surface area (Å²) in [7, 11) is 0. The molecule has 0 saturated carbocycles. The van der Waals surface area contributed by atoms with Crippen LogP contribution in [-0.2, 0) is 0 Å². The van der Waals surface area contributed by atoms with Crippen LogP contribution in [0.1, 0.15) is 30.7 Å². The van der Waals surface area contributed by atoms with E-state index in [4.69, 9.17) is 5.73 Å². The fourth-order valence-corrected chi connectivity index (χ4v) is 2.49. The van der Waals surface area contributed by atoms with Gasteiger partial charge < -0.3 is 5.73 Å². The molecule has 1 aliphatic carbocycles. The fraction of sp³-hybridized carbons (Fsp3) is 0.400. The Morgan fingerprint density at radius 2 is 2.00 bits per heavy atom. The van der Waals surface area contributed by atoms with Crippen LogP contribution >= 0.6 is 0 Å². The predicted molar refractivity (Wildman–Crippen MR) is 73.7 cm³/mol. The fourth-order valence-electron chi connectivity index (χ4n) is 2.49. The third kappa shape index (κ3) is 3.83. The van der Waals surface area contributed by atoms with E-state index in [9.17, 15) is 10.0 Å². The van der Waals surface area contributed by atoms with Gasteiger partial charge in [-0.15, -0.1) is 0 Å². The van der Waals surface area contributed by atoms with Crippen molar-refractivity contribution in [2.45, 2.75) is 25.2 Å². The average molecular weight is 260 g/mol. The molecule has 2 atom stereocenters. The second-order valence-corrected chi connectivity index (χ2v) is 4.99. The Balaban J connectivity index is 1.85. The summed E-state index contributed by atoms with van der Waals surface area (Å²) in [6.07, 6.45) is 7.35. The molecule has 19 heavy (non-hydrogen) atoms. The highest BCUT2D eigenvalue weighted by Crippen LogP contribution is 2.31. The van der Waals surface area contributed by atoms with Gasteiger partial charge in [-0.05, 0) is 30.7 Å². The van der Waals surface area contributed by atoms with Crippen molar-refractivity contribution in [1.82, 2.24) is 5.06 Å². The van der Waals surface area contributed by atoms with E-state index in [2.05, 4.69) is 36.4 Å². The molecule has 0 spiro atoms. The number of hydrogen-bond acceptors (Lipinski definition) is 2. The van der Waals surface area contributed by atoms with Crippen molar-refractivity contribution >= 4 is 6.03 Å². The maximum atomic E-state index is 10.7. The Hall–Kier alpha value is -1.81. The molecule has 1 aromatic carbocycles. The summed E-state index contributed by atoms with van der Waals surface area (Å²) in [5, 5.41) is 9.80. The number of hydroxylamine groups is 2. The Kier molecular flexibility index (Phi) is 4.58. The first-order valence-electron chi connectivity index (χ1n) is 6.66. The van der Waals surface area contributed by atoms with Crippen LogP contribution in [0.15, 0.2) is 42.5 Å². The summed E-state index contributed by atoms with van der Waals surface area (Å²) < 4.78 is 0. The number of primary amides is 1. The van der Waals surface area contributed by atoms with Crippen molar-refractivity contribution in [3.63, 3.8) is 0 Å². The summed E-state index contributed by atoms with van der Waals surface area (Å²) in [6.45, 7) is 0.292. The lowest BCUT2D eigenvalue weighted by Gasteiger charge is -2.24. The number of carbonyl (C=O) groups is 1. The molecule has 0 saturated heterocycles. The van der Waals surface area contributed by atoms with E-state index in [1.807, 2.05) is 6.07 Å². The van der Waals surface area contributed by atoms with Crippen LogP contribution < -0.4 is 5.73 Å². The minimum absolute atomic E-state index is 0.292. The average Bonchev–Trinajstić information content (AvgIpc) is 2.46. The number of rotatable bonds is 4. The third-order valence-corrected chi connectivity index (χ3v) is 3.66. The molecule has 0 aromatic heterocycles. The molecule has 102 valence electrons. The Morgan fingerprint density at radius 1 is 1.26 bits per heavy atom. The van der Waals surface area contributed by atoms with Crippen LogP contribution in [-0.4, -0.2) is 22.8 Å². The van der Waals surface area contributed by atoms with E-state index in [-0.39, 0.29) is 0 Å². The zero-order valence-corrected chi connectivity index (χ0v) is 10.9. The number of carbonyl (C=O) groups excluding carboxylic acids is 1. The maximum Gasteiger partial charge on any atom is 0.338 e. The molecule has 0 fully saturated rings. The summed E-state index contributed by atoms with van der Waals surface area (Å²) in [6, 6.07) is 9.66. The van der Waals surface area contributed by atoms with Gasteiger partial charge in [0.05, 0.1) is 6.54 Å². The summed E-state index contributed by atoms with van der Waals surface area (Å²) in [5.41, 5.74) is 6.31. The van der Waals surface area contributed by atoms with E-state index in [0.717, 1.165) is 19.3 Å². The molecule has 0 heterocycles. The van der Waals surface area contributed by atoms with Gasteiger partial charge in [-0.3, -0.25) is 5.21 Å². The van der Waals surface area contributed by atoms with Crippen LogP contribution in [0.25, 0.3) is 0 Å². The molecule has 0 bridgehead atoms. The molecule has 1 aromatic rings. The number of benzene rings is 1. The van der Waals surface area contributed by atoms with Crippen molar-refractivity contribution in [1.29, 1.82) is 0 Å². The quantitative estimate of drug-likeness (QED) is 0.496. The number of amides is 2. The highest BCUT2D eigenvalue weighted by molar-refractivity contribution is 5.70. The summed E-state index contributed by atoms with van der Waals surface area (Å²) in [4.78, 5) is 10.7. The van der Waals surface area contributed by atoms with Gasteiger partial charge in [0.25, 0.3) is 0 Å². The van der Waals surface area contributed by atoms with E-state index in [1.165, 1.54) is 5.56 Å². The highest BCUT2D eigenvalue weighted by Gasteiger charge is 2.18. The topological polar surface area (TPSA) is 66.6 Å². The molecule has 2 amide bonds. The second-order valence-electron chi connectivity index (χ2n) is 4.99. The Morgan fingerprint density at radius 3 is 2.58 bits per heavy atom. The van der Waals surface area contributed by atoms with Gasteiger partial charge in [0.1, 0.15) is 0 Å². The second kappa shape index (κ2) is 6.38. The normalized spacial score (nSPS) is 22.2. The summed E-state index contributed by atoms with van der Waals surface area (Å²) in [5.74, 6) is 0.896. The number of allylic oxidation sites excluding steroid dienone is 2. The van der Waals surface area contributed by atoms with Crippen molar-refractivity contribution in [2.75, 3.05) is 6.54 Å². The number of nitrogens with zero attached hydrogens (tertiary/aromatic N) is 1. The standard InChI is InChI=1S/C15H20N2O2/c16-15(18)17(19)11-10-12-6-8-14(9-7-12)13-4-2-1-3-5-13/h1-6,8,12,14,19H,7,9-11H2,(H2,16,18). The van der Waals surface area contributed by atoms with Gasteiger partial charge in [-0.1, -0.05) is 42.5 Å². The van der Waals surface area contributed by atoms with Gasteiger partial charge >= 0.3 is 6.03 Å². The largest absolute Gasteiger partial charge is 0.350 e. The first-order chi connectivity index (χ1) is 9.16. The van der Waals surface area contributed by atoms with Crippen molar-refractivity contribution in [2.24, 2.45) is 11.7 Å². The zero-order chi connectivity index (χ0) is 13.7. The number of nitrogens with two attached hydrogens (primary N) is 1. The molecule has 0 radical (unpaired) electrons. The van der Waals surface area contributed by atoms with Gasteiger partial charge in [-0.2, -0.15) is 0 Å². The smallest absolute Gasteiger partial charge is 0.338 e. The van der Waals surface area contributed by atoms with E-state index >= 15 is 0 Å². The van der Waals surface area contributed by atoms with E-state index in [0.29, 0.717) is 23.4 Å². The van der Waals surface area contributed by atoms with E-state index < -0.39 is 6.03 Å². The molecule has 0 aliphatic heterocycles. The van der Waals surface area contributed by atoms with Gasteiger partial charge in [-0.25, -0.2) is 9.86 Å². The van der Waals surface area contributed by atoms with Gasteiger partial charge in [0.15, 0.2) is 0 Å². The van der Waals surface area contributed by atoms with Crippen LogP contribution in [0, 0.1) is 5.92 Å². The number of hydrogen-bond donors (Lipinski definition) is 2. The predicted octanol–water partition coefficient (Wildman–Crippen LogP) is 2.90. The van der Waals surface area contributed by atoms with Gasteiger partial charge in [0.2, 0.25) is 0 Å². The first kappa shape index (κ1) is 13.6. The lowest BCUT2D eigenvalue weighted by molar-refractivity contribution is -0.0420. The maximum absolute atomic E-state index is 10.7. The molecule has 4 heteroatoms. The molecule has 3 N–H and O–H groups in total. The summed E-state index contributed by atoms with van der Waals surface area (Å²) >= 11 is 0.